The predicted molar refractivity (Wildman–Crippen MR) is 107 cm³/mol. The van der Waals surface area contributed by atoms with Gasteiger partial charge >= 0.3 is 6.18 Å². The minimum Gasteiger partial charge on any atom is -0.391 e. The first kappa shape index (κ1) is 21.5. The molecule has 0 unspecified atom stereocenters. The summed E-state index contributed by atoms with van der Waals surface area (Å²) in [4.78, 5) is 22.9. The molecule has 31 heavy (non-hydrogen) atoms. The van der Waals surface area contributed by atoms with Gasteiger partial charge in [-0.15, -0.1) is 0 Å². The molecule has 11 heteroatoms. The number of carbonyl (C=O) groups excluding carboxylic acids is 1. The summed E-state index contributed by atoms with van der Waals surface area (Å²) in [5.74, 6) is 0.763. The molecule has 0 bridgehead atoms. The number of halogens is 3. The predicted octanol–water partition coefficient (Wildman–Crippen LogP) is 2.25. The van der Waals surface area contributed by atoms with Crippen LogP contribution in [0.1, 0.15) is 36.8 Å². The zero-order chi connectivity index (χ0) is 22.6. The fourth-order valence-electron chi connectivity index (χ4n) is 4.05. The van der Waals surface area contributed by atoms with Gasteiger partial charge in [-0.05, 0) is 38.7 Å². The largest absolute Gasteiger partial charge is 0.396 e. The number of hydrogen-bond acceptors (Lipinski definition) is 6. The Hall–Kier alpha value is -2.69. The van der Waals surface area contributed by atoms with Gasteiger partial charge in [-0.2, -0.15) is 18.3 Å². The second kappa shape index (κ2) is 7.47. The highest BCUT2D eigenvalue weighted by atomic mass is 19.4. The van der Waals surface area contributed by atoms with Crippen molar-refractivity contribution in [1.29, 1.82) is 0 Å². The van der Waals surface area contributed by atoms with Gasteiger partial charge in [0.25, 0.3) is 0 Å². The summed E-state index contributed by atoms with van der Waals surface area (Å²) in [7, 11) is 1.70. The highest BCUT2D eigenvalue weighted by molar-refractivity contribution is 6.03. The fourth-order valence-corrected chi connectivity index (χ4v) is 4.05. The number of anilines is 2. The Morgan fingerprint density at radius 3 is 2.65 bits per heavy atom. The molecule has 4 rings (SSSR count). The lowest BCUT2D eigenvalue weighted by molar-refractivity contribution is -0.191. The third-order valence-corrected chi connectivity index (χ3v) is 6.09. The monoisotopic (exact) mass is 438 g/mol. The van der Waals surface area contributed by atoms with E-state index < -0.39 is 23.7 Å². The highest BCUT2D eigenvalue weighted by Gasteiger charge is 2.63. The molecule has 2 atom stereocenters. The number of amides is 1. The molecule has 0 aromatic carbocycles. The number of likely N-dealkylation sites (N-methyl/N-ethyl adjacent to an activating group) is 1. The van der Waals surface area contributed by atoms with E-state index in [2.05, 4.69) is 20.4 Å². The van der Waals surface area contributed by atoms with Crippen molar-refractivity contribution in [3.05, 3.63) is 29.5 Å². The minimum atomic E-state index is -4.21. The summed E-state index contributed by atoms with van der Waals surface area (Å²) >= 11 is 0. The van der Waals surface area contributed by atoms with E-state index in [9.17, 15) is 23.1 Å². The normalized spacial score (nSPS) is 20.9. The van der Waals surface area contributed by atoms with E-state index in [1.807, 2.05) is 0 Å². The van der Waals surface area contributed by atoms with Crippen LogP contribution < -0.4 is 10.2 Å². The second-order valence-corrected chi connectivity index (χ2v) is 8.53. The summed E-state index contributed by atoms with van der Waals surface area (Å²) in [6.07, 6.45) is -0.594. The van der Waals surface area contributed by atoms with E-state index >= 15 is 0 Å². The van der Waals surface area contributed by atoms with Crippen LogP contribution in [-0.4, -0.2) is 56.1 Å². The van der Waals surface area contributed by atoms with Crippen molar-refractivity contribution in [3.8, 4) is 0 Å². The van der Waals surface area contributed by atoms with Gasteiger partial charge in [0.1, 0.15) is 17.6 Å². The van der Waals surface area contributed by atoms with Crippen molar-refractivity contribution >= 4 is 17.4 Å². The number of aliphatic hydroxyl groups is 1. The van der Waals surface area contributed by atoms with Crippen LogP contribution in [0.25, 0.3) is 0 Å². The molecule has 0 radical (unpaired) electrons. The molecule has 2 aromatic heterocycles. The maximum atomic E-state index is 13.2. The summed E-state index contributed by atoms with van der Waals surface area (Å²) in [5.41, 5.74) is 0.300. The number of aromatic nitrogens is 4. The summed E-state index contributed by atoms with van der Waals surface area (Å²) in [5, 5.41) is 16.8. The van der Waals surface area contributed by atoms with E-state index in [1.54, 1.807) is 38.2 Å². The molecule has 0 spiro atoms. The van der Waals surface area contributed by atoms with Crippen molar-refractivity contribution in [2.75, 3.05) is 17.3 Å². The Morgan fingerprint density at radius 1 is 1.32 bits per heavy atom. The smallest absolute Gasteiger partial charge is 0.391 e. The lowest BCUT2D eigenvalue weighted by Gasteiger charge is -2.36. The van der Waals surface area contributed by atoms with Gasteiger partial charge in [-0.25, -0.2) is 9.97 Å². The quantitative estimate of drug-likeness (QED) is 0.718. The van der Waals surface area contributed by atoms with Gasteiger partial charge in [-0.3, -0.25) is 9.48 Å². The molecule has 3 heterocycles. The van der Waals surface area contributed by atoms with Crippen molar-refractivity contribution in [2.24, 2.45) is 5.41 Å². The SMILES string of the molecule is Cc1nc(CCc2cnn(CC3(C(F)(F)F)CC3)c2)nc2c1NC(=O)[C@H]([C@@H](C)O)N2C. The standard InChI is InChI=1S/C20H25F3N6O2/c1-11-15-17(28(3)16(12(2)30)18(31)27-15)26-14(25-11)5-4-13-8-24-29(9-13)10-19(6-7-19)20(21,22)23/h8-9,12,16,30H,4-7,10H2,1-3H3,(H,27,31)/t12-,16+/m1/s1. The van der Waals surface area contributed by atoms with Crippen molar-refractivity contribution in [3.63, 3.8) is 0 Å². The highest BCUT2D eigenvalue weighted by Crippen LogP contribution is 2.58. The van der Waals surface area contributed by atoms with E-state index in [0.29, 0.717) is 35.9 Å². The molecule has 1 amide bonds. The lowest BCUT2D eigenvalue weighted by atomic mass is 10.1. The third kappa shape index (κ3) is 3.98. The van der Waals surface area contributed by atoms with Crippen LogP contribution >= 0.6 is 0 Å². The molecule has 1 aliphatic carbocycles. The average molecular weight is 438 g/mol. The van der Waals surface area contributed by atoms with Gasteiger partial charge in [0, 0.05) is 19.7 Å². The number of hydrogen-bond donors (Lipinski definition) is 2. The zero-order valence-corrected chi connectivity index (χ0v) is 17.6. The molecule has 1 saturated carbocycles. The lowest BCUT2D eigenvalue weighted by Crippen LogP contribution is -2.52. The molecule has 1 aliphatic heterocycles. The van der Waals surface area contributed by atoms with Crippen LogP contribution in [0.4, 0.5) is 24.7 Å². The zero-order valence-electron chi connectivity index (χ0n) is 17.6. The van der Waals surface area contributed by atoms with Crippen LogP contribution in [0.3, 0.4) is 0 Å². The van der Waals surface area contributed by atoms with Crippen molar-refractivity contribution in [2.45, 2.75) is 64.4 Å². The number of aryl methyl sites for hydroxylation is 3. The molecule has 1 fully saturated rings. The fraction of sp³-hybridized carbons (Fsp3) is 0.600. The number of fused-ring (bicyclic) bond motifs is 1. The molecular formula is C20H25F3N6O2. The van der Waals surface area contributed by atoms with Crippen LogP contribution in [-0.2, 0) is 24.2 Å². The molecule has 8 nitrogen and oxygen atoms in total. The maximum absolute atomic E-state index is 13.2. The average Bonchev–Trinajstić information content (AvgIpc) is 3.32. The Balaban J connectivity index is 1.46. The maximum Gasteiger partial charge on any atom is 0.396 e. The summed E-state index contributed by atoms with van der Waals surface area (Å²) < 4.78 is 40.9. The Labute approximate surface area is 177 Å². The van der Waals surface area contributed by atoms with Crippen LogP contribution in [0.2, 0.25) is 0 Å². The van der Waals surface area contributed by atoms with Gasteiger partial charge < -0.3 is 15.3 Å². The summed E-state index contributed by atoms with van der Waals surface area (Å²) in [6.45, 7) is 3.16. The first-order valence-electron chi connectivity index (χ1n) is 10.2. The van der Waals surface area contributed by atoms with Crippen LogP contribution in [0, 0.1) is 12.3 Å². The molecule has 2 aliphatic rings. The number of rotatable bonds is 6. The number of nitrogens with zero attached hydrogens (tertiary/aromatic N) is 5. The number of alkyl halides is 3. The topological polar surface area (TPSA) is 96.2 Å². The first-order chi connectivity index (χ1) is 14.5. The van der Waals surface area contributed by atoms with E-state index in [0.717, 1.165) is 5.56 Å². The van der Waals surface area contributed by atoms with Crippen LogP contribution in [0.5, 0.6) is 0 Å². The third-order valence-electron chi connectivity index (χ3n) is 6.09. The molecule has 0 saturated heterocycles. The Morgan fingerprint density at radius 2 is 2.03 bits per heavy atom. The number of aliphatic hydroxyl groups excluding tert-OH is 1. The van der Waals surface area contributed by atoms with Gasteiger partial charge in [0.05, 0.1) is 30.0 Å². The molecule has 2 N–H and O–H groups in total. The van der Waals surface area contributed by atoms with Gasteiger partial charge in [0.15, 0.2) is 5.82 Å². The molecular weight excluding hydrogens is 413 g/mol. The van der Waals surface area contributed by atoms with E-state index in [-0.39, 0.29) is 25.3 Å². The Kier molecular flexibility index (Phi) is 5.19. The Bertz CT molecular complexity index is 999. The minimum absolute atomic E-state index is 0.144. The first-order valence-corrected chi connectivity index (χ1v) is 10.2. The summed E-state index contributed by atoms with van der Waals surface area (Å²) in [6, 6.07) is -0.753. The van der Waals surface area contributed by atoms with Crippen molar-refractivity contribution < 1.29 is 23.1 Å². The van der Waals surface area contributed by atoms with Crippen LogP contribution in [0.15, 0.2) is 12.4 Å². The number of carbonyl (C=O) groups is 1. The van der Waals surface area contributed by atoms with E-state index in [1.165, 1.54) is 4.68 Å². The van der Waals surface area contributed by atoms with Gasteiger partial charge in [-0.1, -0.05) is 0 Å². The van der Waals surface area contributed by atoms with E-state index in [4.69, 9.17) is 0 Å². The molecule has 2 aromatic rings. The van der Waals surface area contributed by atoms with Crippen molar-refractivity contribution in [1.82, 2.24) is 19.7 Å². The molecule has 168 valence electrons. The van der Waals surface area contributed by atoms with Gasteiger partial charge in [0.2, 0.25) is 5.91 Å². The number of nitrogens with one attached hydrogen (secondary N) is 1. The second-order valence-electron chi connectivity index (χ2n) is 8.53.